The van der Waals surface area contributed by atoms with Crippen molar-refractivity contribution in [3.8, 4) is 0 Å². The Morgan fingerprint density at radius 2 is 2.00 bits per heavy atom. The molecule has 0 amide bonds. The molecule has 2 heterocycles. The summed E-state index contributed by atoms with van der Waals surface area (Å²) in [4.78, 5) is 6.83. The number of nitrogens with one attached hydrogen (secondary N) is 1. The van der Waals surface area contributed by atoms with E-state index in [2.05, 4.69) is 26.9 Å². The number of hydrogen-bond acceptors (Lipinski definition) is 5. The molecule has 0 saturated carbocycles. The Labute approximate surface area is 153 Å². The fourth-order valence-corrected chi connectivity index (χ4v) is 2.98. The van der Waals surface area contributed by atoms with Gasteiger partial charge in [0.05, 0.1) is 16.8 Å². The molecule has 1 atom stereocenters. The van der Waals surface area contributed by atoms with Gasteiger partial charge in [0.1, 0.15) is 5.82 Å². The Bertz CT molecular complexity index is 668. The number of benzene rings is 1. The molecule has 1 unspecified atom stereocenters. The van der Waals surface area contributed by atoms with Crippen molar-refractivity contribution in [2.45, 2.75) is 26.8 Å². The molecule has 1 saturated heterocycles. The van der Waals surface area contributed by atoms with E-state index in [4.69, 9.17) is 11.6 Å². The molecule has 0 bridgehead atoms. The maximum atomic E-state index is 13.8. The van der Waals surface area contributed by atoms with Gasteiger partial charge in [0.2, 0.25) is 5.96 Å². The van der Waals surface area contributed by atoms with Crippen molar-refractivity contribution < 1.29 is 4.39 Å². The maximum Gasteiger partial charge on any atom is 0.223 e. The Hall–Kier alpha value is -1.92. The van der Waals surface area contributed by atoms with Crippen LogP contribution in [0.4, 0.5) is 10.1 Å². The van der Waals surface area contributed by atoms with Gasteiger partial charge in [-0.2, -0.15) is 5.10 Å². The molecule has 136 valence electrons. The molecule has 1 N–H and O–H groups in total. The molecule has 0 spiro atoms. The Morgan fingerprint density at radius 1 is 1.36 bits per heavy atom. The van der Waals surface area contributed by atoms with Crippen LogP contribution in [0.5, 0.6) is 0 Å². The molecule has 7 heteroatoms. The van der Waals surface area contributed by atoms with Crippen LogP contribution < -0.4 is 5.32 Å². The number of rotatable bonds is 1. The van der Waals surface area contributed by atoms with Crippen molar-refractivity contribution in [3.05, 3.63) is 41.2 Å². The second-order valence-electron chi connectivity index (χ2n) is 5.78. The molecule has 25 heavy (non-hydrogen) atoms. The average Bonchev–Trinajstić information content (AvgIpc) is 2.61. The number of fused-ring (bicyclic) bond motifs is 1. The van der Waals surface area contributed by atoms with Crippen LogP contribution in [0.2, 0.25) is 5.02 Å². The first-order chi connectivity index (χ1) is 12.0. The van der Waals surface area contributed by atoms with Gasteiger partial charge in [-0.1, -0.05) is 17.7 Å². The van der Waals surface area contributed by atoms with E-state index in [0.29, 0.717) is 5.69 Å². The highest BCUT2D eigenvalue weighted by atomic mass is 35.5. The SMILES string of the molecule is C/C=N\N1C(N2CCNCC2)=Nc2cc(F)c(Cl)cc2C1C.C=CC. The largest absolute Gasteiger partial charge is 0.338 e. The lowest BCUT2D eigenvalue weighted by Crippen LogP contribution is -2.52. The van der Waals surface area contributed by atoms with Gasteiger partial charge >= 0.3 is 0 Å². The zero-order chi connectivity index (χ0) is 18.4. The highest BCUT2D eigenvalue weighted by Crippen LogP contribution is 2.38. The average molecular weight is 366 g/mol. The molecule has 1 aromatic rings. The van der Waals surface area contributed by atoms with Gasteiger partial charge in [0, 0.05) is 44.0 Å². The third kappa shape index (κ3) is 4.38. The van der Waals surface area contributed by atoms with E-state index in [0.717, 1.165) is 37.7 Å². The number of guanidine groups is 1. The van der Waals surface area contributed by atoms with Crippen LogP contribution >= 0.6 is 11.6 Å². The molecule has 3 rings (SSSR count). The van der Waals surface area contributed by atoms with E-state index in [-0.39, 0.29) is 11.1 Å². The Morgan fingerprint density at radius 3 is 2.60 bits per heavy atom. The first-order valence-electron chi connectivity index (χ1n) is 8.41. The van der Waals surface area contributed by atoms with E-state index >= 15 is 0 Å². The lowest BCUT2D eigenvalue weighted by Gasteiger charge is -2.39. The normalized spacial score (nSPS) is 19.9. The van der Waals surface area contributed by atoms with Gasteiger partial charge < -0.3 is 10.2 Å². The predicted molar refractivity (Wildman–Crippen MR) is 103 cm³/mol. The summed E-state index contributed by atoms with van der Waals surface area (Å²) < 4.78 is 13.8. The van der Waals surface area contributed by atoms with E-state index in [1.165, 1.54) is 6.07 Å². The zero-order valence-electron chi connectivity index (χ0n) is 15.0. The predicted octanol–water partition coefficient (Wildman–Crippen LogP) is 3.95. The number of aliphatic imine (C=N–C) groups is 1. The highest BCUT2D eigenvalue weighted by molar-refractivity contribution is 6.30. The third-order valence-electron chi connectivity index (χ3n) is 3.95. The van der Waals surface area contributed by atoms with E-state index in [9.17, 15) is 4.39 Å². The van der Waals surface area contributed by atoms with Gasteiger partial charge in [0.25, 0.3) is 0 Å². The number of allylic oxidation sites excluding steroid dienone is 1. The van der Waals surface area contributed by atoms with Crippen molar-refractivity contribution in [2.75, 3.05) is 26.2 Å². The summed E-state index contributed by atoms with van der Waals surface area (Å²) in [6.07, 6.45) is 3.49. The van der Waals surface area contributed by atoms with Crippen molar-refractivity contribution in [1.29, 1.82) is 0 Å². The van der Waals surface area contributed by atoms with E-state index in [1.54, 1.807) is 18.4 Å². The molecule has 2 aliphatic heterocycles. The van der Waals surface area contributed by atoms with Crippen molar-refractivity contribution in [2.24, 2.45) is 10.1 Å². The smallest absolute Gasteiger partial charge is 0.223 e. The summed E-state index contributed by atoms with van der Waals surface area (Å²) in [5.74, 6) is 0.324. The standard InChI is InChI=1S/C15H19ClFN5.C3H6/c1-3-19-22-10(2)11-8-12(16)13(17)9-14(11)20-15(22)21-6-4-18-5-7-21;1-3-2/h3,8-10,18H,4-7H2,1-2H3;3H,1H2,2H3/b19-3-;. The Kier molecular flexibility index (Phi) is 6.96. The zero-order valence-corrected chi connectivity index (χ0v) is 15.7. The molecular weight excluding hydrogens is 341 g/mol. The van der Waals surface area contributed by atoms with Crippen molar-refractivity contribution >= 4 is 29.5 Å². The molecule has 0 aromatic heterocycles. The van der Waals surface area contributed by atoms with Gasteiger partial charge in [-0.3, -0.25) is 0 Å². The second-order valence-corrected chi connectivity index (χ2v) is 6.18. The number of halogens is 2. The topological polar surface area (TPSA) is 43.2 Å². The van der Waals surface area contributed by atoms with Crippen LogP contribution in [0.25, 0.3) is 0 Å². The third-order valence-corrected chi connectivity index (χ3v) is 4.24. The minimum atomic E-state index is -0.441. The van der Waals surface area contributed by atoms with Gasteiger partial charge in [-0.25, -0.2) is 14.4 Å². The molecule has 5 nitrogen and oxygen atoms in total. The molecular formula is C18H25ClFN5. The number of nitrogens with zero attached hydrogens (tertiary/aromatic N) is 4. The van der Waals surface area contributed by atoms with Gasteiger partial charge in [-0.05, 0) is 26.8 Å². The summed E-state index contributed by atoms with van der Waals surface area (Å²) in [5.41, 5.74) is 1.52. The van der Waals surface area contributed by atoms with E-state index in [1.807, 2.05) is 25.8 Å². The number of hydrazone groups is 1. The van der Waals surface area contributed by atoms with Crippen molar-refractivity contribution in [1.82, 2.24) is 15.2 Å². The summed E-state index contributed by atoms with van der Waals surface area (Å²) >= 11 is 5.92. The molecule has 0 aliphatic carbocycles. The van der Waals surface area contributed by atoms with Crippen LogP contribution in [-0.2, 0) is 0 Å². The Balaban J connectivity index is 0.000000701. The fraction of sp³-hybridized carbons (Fsp3) is 0.444. The summed E-state index contributed by atoms with van der Waals surface area (Å²) in [6, 6.07) is 3.00. The lowest BCUT2D eigenvalue weighted by atomic mass is 10.0. The minimum absolute atomic E-state index is 0.0494. The summed E-state index contributed by atoms with van der Waals surface area (Å²) in [7, 11) is 0. The van der Waals surface area contributed by atoms with Crippen molar-refractivity contribution in [3.63, 3.8) is 0 Å². The van der Waals surface area contributed by atoms with Crippen LogP contribution in [-0.4, -0.2) is 48.3 Å². The van der Waals surface area contributed by atoms with Crippen LogP contribution in [0.3, 0.4) is 0 Å². The van der Waals surface area contributed by atoms with Crippen LogP contribution in [0, 0.1) is 5.82 Å². The molecule has 1 aromatic carbocycles. The number of piperazine rings is 1. The molecule has 0 radical (unpaired) electrons. The fourth-order valence-electron chi connectivity index (χ4n) is 2.80. The van der Waals surface area contributed by atoms with Gasteiger partial charge in [0.15, 0.2) is 0 Å². The first kappa shape index (κ1) is 19.4. The molecule has 2 aliphatic rings. The van der Waals surface area contributed by atoms with Crippen LogP contribution in [0.15, 0.2) is 34.9 Å². The molecule has 1 fully saturated rings. The highest BCUT2D eigenvalue weighted by Gasteiger charge is 2.31. The summed E-state index contributed by atoms with van der Waals surface area (Å²) in [5, 5.41) is 9.76. The van der Waals surface area contributed by atoms with Gasteiger partial charge in [-0.15, -0.1) is 6.58 Å². The number of hydrogen-bond donors (Lipinski definition) is 1. The summed E-state index contributed by atoms with van der Waals surface area (Å²) in [6.45, 7) is 12.7. The monoisotopic (exact) mass is 365 g/mol. The first-order valence-corrected chi connectivity index (χ1v) is 8.79. The second kappa shape index (κ2) is 8.97. The van der Waals surface area contributed by atoms with E-state index < -0.39 is 5.82 Å². The quantitative estimate of drug-likeness (QED) is 0.605. The lowest BCUT2D eigenvalue weighted by molar-refractivity contribution is 0.258. The minimum Gasteiger partial charge on any atom is -0.338 e. The van der Waals surface area contributed by atoms with Crippen LogP contribution in [0.1, 0.15) is 32.4 Å². The maximum absolute atomic E-state index is 13.8.